The number of hydrogen-bond donors (Lipinski definition) is 2. The van der Waals surface area contributed by atoms with Gasteiger partial charge >= 0.3 is 24.7 Å². The molecule has 0 aliphatic heterocycles. The lowest BCUT2D eigenvalue weighted by atomic mass is 9.97. The SMILES string of the molecule is Nc1cc(C(F)(F)F)c(N(c2ccccc2)c2c(C(F)(F)F)cc(N)cc2C(F)(F)F)c(C(F)(F)F)c1. The lowest BCUT2D eigenvalue weighted by Gasteiger charge is -2.34. The van der Waals surface area contributed by atoms with Gasteiger partial charge in [0.25, 0.3) is 0 Å². The molecule has 0 aliphatic rings. The molecule has 0 saturated heterocycles. The first kappa shape index (κ1) is 27.8. The van der Waals surface area contributed by atoms with E-state index in [-0.39, 0.29) is 29.2 Å². The van der Waals surface area contributed by atoms with E-state index in [4.69, 9.17) is 11.5 Å². The van der Waals surface area contributed by atoms with Gasteiger partial charge in [-0.3, -0.25) is 0 Å². The van der Waals surface area contributed by atoms with E-state index in [0.717, 1.165) is 24.3 Å². The van der Waals surface area contributed by atoms with Crippen LogP contribution in [0.1, 0.15) is 22.3 Å². The second-order valence-electron chi connectivity index (χ2n) is 7.59. The molecule has 0 amide bonds. The van der Waals surface area contributed by atoms with Crippen molar-refractivity contribution in [3.8, 4) is 0 Å². The van der Waals surface area contributed by atoms with Crippen molar-refractivity contribution in [3.63, 3.8) is 0 Å². The van der Waals surface area contributed by atoms with E-state index >= 15 is 0 Å². The number of benzene rings is 3. The van der Waals surface area contributed by atoms with Gasteiger partial charge in [-0.2, -0.15) is 52.7 Å². The number of alkyl halides is 12. The van der Waals surface area contributed by atoms with Crippen molar-refractivity contribution in [1.29, 1.82) is 0 Å². The smallest absolute Gasteiger partial charge is 0.399 e. The van der Waals surface area contributed by atoms with Crippen molar-refractivity contribution in [2.45, 2.75) is 24.7 Å². The van der Waals surface area contributed by atoms with Crippen LogP contribution in [0.2, 0.25) is 0 Å². The lowest BCUT2D eigenvalue weighted by Crippen LogP contribution is -2.27. The zero-order chi connectivity index (χ0) is 28.1. The summed E-state index contributed by atoms with van der Waals surface area (Å²) in [4.78, 5) is -0.379. The van der Waals surface area contributed by atoms with Crippen molar-refractivity contribution >= 4 is 28.4 Å². The van der Waals surface area contributed by atoms with E-state index in [9.17, 15) is 52.7 Å². The minimum Gasteiger partial charge on any atom is -0.399 e. The van der Waals surface area contributed by atoms with Gasteiger partial charge in [-0.1, -0.05) is 18.2 Å². The summed E-state index contributed by atoms with van der Waals surface area (Å²) >= 11 is 0. The third kappa shape index (κ3) is 5.64. The predicted octanol–water partition coefficient (Wildman–Crippen LogP) is 8.40. The molecular weight excluding hydrogens is 534 g/mol. The summed E-state index contributed by atoms with van der Waals surface area (Å²) in [7, 11) is 0. The Balaban J connectivity index is 2.70. The predicted molar refractivity (Wildman–Crippen MR) is 110 cm³/mol. The molecule has 0 heterocycles. The van der Waals surface area contributed by atoms with Crippen molar-refractivity contribution in [1.82, 2.24) is 0 Å². The molecule has 3 rings (SSSR count). The average molecular weight is 547 g/mol. The monoisotopic (exact) mass is 547 g/mol. The summed E-state index contributed by atoms with van der Waals surface area (Å²) in [5.74, 6) is 0. The Bertz CT molecular complexity index is 1140. The highest BCUT2D eigenvalue weighted by atomic mass is 19.4. The minimum absolute atomic E-state index is 0.0155. The maximum absolute atomic E-state index is 14.0. The third-order valence-corrected chi connectivity index (χ3v) is 4.95. The molecule has 0 atom stereocenters. The summed E-state index contributed by atoms with van der Waals surface area (Å²) in [6, 6.07) is 4.61. The number of nitrogen functional groups attached to an aromatic ring is 2. The Morgan fingerprint density at radius 3 is 0.973 bits per heavy atom. The van der Waals surface area contributed by atoms with E-state index in [0.29, 0.717) is 0 Å². The molecule has 0 bridgehead atoms. The Kier molecular flexibility index (Phi) is 6.73. The van der Waals surface area contributed by atoms with Gasteiger partial charge in [0, 0.05) is 17.1 Å². The first-order chi connectivity index (χ1) is 16.7. The van der Waals surface area contributed by atoms with Crippen LogP contribution < -0.4 is 16.4 Å². The quantitative estimate of drug-likeness (QED) is 0.256. The molecule has 0 aliphatic carbocycles. The molecule has 4 N–H and O–H groups in total. The molecule has 37 heavy (non-hydrogen) atoms. The van der Waals surface area contributed by atoms with Crippen molar-refractivity contribution in [3.05, 3.63) is 76.9 Å². The van der Waals surface area contributed by atoms with Crippen LogP contribution in [-0.4, -0.2) is 0 Å². The van der Waals surface area contributed by atoms with Crippen molar-refractivity contribution < 1.29 is 52.7 Å². The fourth-order valence-corrected chi connectivity index (χ4v) is 3.61. The number of para-hydroxylation sites is 1. The maximum Gasteiger partial charge on any atom is 0.418 e. The van der Waals surface area contributed by atoms with Crippen molar-refractivity contribution in [2.24, 2.45) is 0 Å². The summed E-state index contributed by atoms with van der Waals surface area (Å²) in [6.07, 6.45) is -22.8. The van der Waals surface area contributed by atoms with E-state index in [1.165, 1.54) is 6.07 Å². The largest absolute Gasteiger partial charge is 0.418 e. The Morgan fingerprint density at radius 2 is 0.730 bits per heavy atom. The van der Waals surface area contributed by atoms with Gasteiger partial charge in [0.2, 0.25) is 0 Å². The van der Waals surface area contributed by atoms with E-state index in [2.05, 4.69) is 0 Å². The lowest BCUT2D eigenvalue weighted by molar-refractivity contribution is -0.142. The van der Waals surface area contributed by atoms with Crippen LogP contribution in [0.15, 0.2) is 54.6 Å². The Hall–Kier alpha value is -3.78. The Labute approximate surface area is 199 Å². The summed E-state index contributed by atoms with van der Waals surface area (Å²) in [6.45, 7) is 0. The number of anilines is 5. The molecule has 0 fully saturated rings. The maximum atomic E-state index is 14.0. The topological polar surface area (TPSA) is 55.3 Å². The fourth-order valence-electron chi connectivity index (χ4n) is 3.61. The van der Waals surface area contributed by atoms with Crippen LogP contribution >= 0.6 is 0 Å². The molecule has 3 aromatic carbocycles. The first-order valence-electron chi connectivity index (χ1n) is 9.74. The second-order valence-corrected chi connectivity index (χ2v) is 7.59. The third-order valence-electron chi connectivity index (χ3n) is 4.95. The van der Waals surface area contributed by atoms with Gasteiger partial charge in [-0.15, -0.1) is 0 Å². The highest BCUT2D eigenvalue weighted by Crippen LogP contribution is 2.55. The van der Waals surface area contributed by atoms with Gasteiger partial charge in [-0.05, 0) is 36.4 Å². The van der Waals surface area contributed by atoms with Crippen molar-refractivity contribution in [2.75, 3.05) is 16.4 Å². The fraction of sp³-hybridized carbons (Fsp3) is 0.182. The molecule has 15 heteroatoms. The van der Waals surface area contributed by atoms with E-state index in [1.54, 1.807) is 0 Å². The normalized spacial score (nSPS) is 13.1. The molecule has 200 valence electrons. The highest BCUT2D eigenvalue weighted by molar-refractivity contribution is 5.87. The Morgan fingerprint density at radius 1 is 0.459 bits per heavy atom. The number of nitrogens with two attached hydrogens (primary N) is 2. The van der Waals surface area contributed by atoms with E-state index in [1.807, 2.05) is 0 Å². The van der Waals surface area contributed by atoms with Gasteiger partial charge in [-0.25, -0.2) is 0 Å². The zero-order valence-electron chi connectivity index (χ0n) is 17.8. The summed E-state index contributed by atoms with van der Waals surface area (Å²) < 4.78 is 168. The van der Waals surface area contributed by atoms with Gasteiger partial charge < -0.3 is 16.4 Å². The molecule has 0 saturated carbocycles. The molecule has 0 unspecified atom stereocenters. The van der Waals surface area contributed by atoms with Gasteiger partial charge in [0.05, 0.1) is 33.6 Å². The average Bonchev–Trinajstić information content (AvgIpc) is 2.73. The van der Waals surface area contributed by atoms with Crippen LogP contribution in [0.25, 0.3) is 0 Å². The number of hydrogen-bond acceptors (Lipinski definition) is 3. The molecule has 0 spiro atoms. The standard InChI is InChI=1S/C22H13F12N3/c23-19(24,25)13-6-10(35)7-14(20(26,27)28)17(13)37(12-4-2-1-3-5-12)18-15(21(29,30)31)8-11(36)9-16(18)22(32,33)34/h1-9H,35-36H2. The van der Waals surface area contributed by atoms with Crippen LogP contribution in [0, 0.1) is 0 Å². The number of nitrogens with zero attached hydrogens (tertiary/aromatic N) is 1. The second kappa shape index (κ2) is 8.95. The number of halogens is 12. The first-order valence-corrected chi connectivity index (χ1v) is 9.74. The molecule has 3 nitrogen and oxygen atoms in total. The summed E-state index contributed by atoms with van der Waals surface area (Å²) in [5.41, 5.74) is -5.56. The van der Waals surface area contributed by atoms with Crippen LogP contribution in [-0.2, 0) is 24.7 Å². The van der Waals surface area contributed by atoms with Crippen LogP contribution in [0.3, 0.4) is 0 Å². The summed E-state index contributed by atoms with van der Waals surface area (Å²) in [5, 5.41) is 0. The molecule has 0 radical (unpaired) electrons. The zero-order valence-corrected chi connectivity index (χ0v) is 17.8. The van der Waals surface area contributed by atoms with Crippen LogP contribution in [0.5, 0.6) is 0 Å². The van der Waals surface area contributed by atoms with Gasteiger partial charge in [0.1, 0.15) is 0 Å². The highest BCUT2D eigenvalue weighted by Gasteiger charge is 2.48. The minimum atomic E-state index is -5.69. The molecular formula is C22H13F12N3. The molecule has 0 aromatic heterocycles. The van der Waals surface area contributed by atoms with Crippen LogP contribution in [0.4, 0.5) is 81.1 Å². The van der Waals surface area contributed by atoms with Gasteiger partial charge in [0.15, 0.2) is 0 Å². The number of rotatable bonds is 3. The van der Waals surface area contributed by atoms with E-state index < -0.39 is 75.4 Å². The molecule has 3 aromatic rings.